The Bertz CT molecular complexity index is 486. The topological polar surface area (TPSA) is 72.2 Å². The maximum absolute atomic E-state index is 11.9. The molecule has 1 aliphatic rings. The summed E-state index contributed by atoms with van der Waals surface area (Å²) in [6.45, 7) is 0.287. The van der Waals surface area contributed by atoms with Crippen molar-refractivity contribution < 1.29 is 8.42 Å². The normalized spacial score (nSPS) is 17.0. The molecule has 18 heavy (non-hydrogen) atoms. The minimum absolute atomic E-state index is 0. The number of nitrogens with two attached hydrogens (primary N) is 1. The summed E-state index contributed by atoms with van der Waals surface area (Å²) in [5.74, 6) is 0.475. The minimum atomic E-state index is -3.47. The summed E-state index contributed by atoms with van der Waals surface area (Å²) in [6, 6.07) is 5.98. The fourth-order valence-electron chi connectivity index (χ4n) is 1.59. The molecule has 1 aliphatic carbocycles. The van der Waals surface area contributed by atoms with E-state index >= 15 is 0 Å². The second-order valence-electron chi connectivity index (χ2n) is 4.31. The summed E-state index contributed by atoms with van der Waals surface area (Å²) in [4.78, 5) is 0.213. The summed E-state index contributed by atoms with van der Waals surface area (Å²) >= 11 is 5.70. The predicted molar refractivity (Wildman–Crippen MR) is 74.6 cm³/mol. The minimum Gasteiger partial charge on any atom is -0.326 e. The first-order valence-electron chi connectivity index (χ1n) is 5.50. The van der Waals surface area contributed by atoms with Crippen LogP contribution in [-0.4, -0.2) is 21.0 Å². The molecule has 1 aromatic carbocycles. The molecule has 4 nitrogen and oxygen atoms in total. The second-order valence-corrected chi connectivity index (χ2v) is 6.51. The third-order valence-electron chi connectivity index (χ3n) is 2.86. The van der Waals surface area contributed by atoms with Crippen molar-refractivity contribution in [3.05, 3.63) is 29.3 Å². The molecule has 0 heterocycles. The van der Waals surface area contributed by atoms with Crippen molar-refractivity contribution in [2.75, 3.05) is 6.54 Å². The van der Waals surface area contributed by atoms with Gasteiger partial charge in [0, 0.05) is 17.6 Å². The average Bonchev–Trinajstić information content (AvgIpc) is 3.10. The molecule has 0 spiro atoms. The molecular formula is C11H16Cl2N2O2S. The van der Waals surface area contributed by atoms with Crippen LogP contribution in [0.25, 0.3) is 0 Å². The van der Waals surface area contributed by atoms with Gasteiger partial charge in [-0.2, -0.15) is 0 Å². The molecule has 3 N–H and O–H groups in total. The van der Waals surface area contributed by atoms with E-state index in [0.717, 1.165) is 12.8 Å². The van der Waals surface area contributed by atoms with Gasteiger partial charge in [-0.05, 0) is 43.0 Å². The predicted octanol–water partition coefficient (Wildman–Crippen LogP) is 1.78. The zero-order valence-corrected chi connectivity index (χ0v) is 12.1. The Hall–Kier alpha value is -0.330. The van der Waals surface area contributed by atoms with E-state index in [1.165, 1.54) is 12.1 Å². The van der Waals surface area contributed by atoms with Crippen LogP contribution in [0.15, 0.2) is 29.2 Å². The molecule has 0 aromatic heterocycles. The highest BCUT2D eigenvalue weighted by Crippen LogP contribution is 2.31. The van der Waals surface area contributed by atoms with Crippen LogP contribution in [0.5, 0.6) is 0 Å². The fourth-order valence-corrected chi connectivity index (χ4v) is 2.79. The summed E-state index contributed by atoms with van der Waals surface area (Å²) in [5.41, 5.74) is 5.84. The van der Waals surface area contributed by atoms with Gasteiger partial charge in [-0.3, -0.25) is 0 Å². The van der Waals surface area contributed by atoms with Crippen LogP contribution in [0.4, 0.5) is 0 Å². The van der Waals surface area contributed by atoms with E-state index in [1.54, 1.807) is 12.1 Å². The first-order chi connectivity index (χ1) is 7.99. The Morgan fingerprint density at radius 3 is 2.39 bits per heavy atom. The lowest BCUT2D eigenvalue weighted by Crippen LogP contribution is -2.38. The van der Waals surface area contributed by atoms with Gasteiger partial charge in [0.1, 0.15) is 0 Å². The van der Waals surface area contributed by atoms with Gasteiger partial charge in [0.05, 0.1) is 4.90 Å². The van der Waals surface area contributed by atoms with Gasteiger partial charge in [0.15, 0.2) is 0 Å². The third-order valence-corrected chi connectivity index (χ3v) is 4.55. The van der Waals surface area contributed by atoms with Gasteiger partial charge in [-0.25, -0.2) is 13.1 Å². The largest absolute Gasteiger partial charge is 0.326 e. The zero-order valence-electron chi connectivity index (χ0n) is 9.67. The number of rotatable bonds is 5. The highest BCUT2D eigenvalue weighted by Gasteiger charge is 2.29. The number of halogens is 2. The standard InChI is InChI=1S/C11H15ClN2O2S.ClH/c12-9-3-5-10(6-4-9)17(15,16)14-7-11(13)8-1-2-8;/h3-6,8,11,14H,1-2,7,13H2;1H. The molecule has 0 bridgehead atoms. The van der Waals surface area contributed by atoms with Crippen molar-refractivity contribution in [3.63, 3.8) is 0 Å². The molecule has 1 unspecified atom stereocenters. The maximum Gasteiger partial charge on any atom is 0.240 e. The maximum atomic E-state index is 11.9. The molecule has 1 aromatic rings. The Kier molecular flexibility index (Phi) is 5.43. The fraction of sp³-hybridized carbons (Fsp3) is 0.455. The molecule has 1 saturated carbocycles. The quantitative estimate of drug-likeness (QED) is 0.870. The van der Waals surface area contributed by atoms with Crippen molar-refractivity contribution in [2.45, 2.75) is 23.8 Å². The van der Waals surface area contributed by atoms with Gasteiger partial charge in [-0.15, -0.1) is 12.4 Å². The Balaban J connectivity index is 0.00000162. The van der Waals surface area contributed by atoms with E-state index < -0.39 is 10.0 Å². The first-order valence-corrected chi connectivity index (χ1v) is 7.36. The second kappa shape index (κ2) is 6.21. The van der Waals surface area contributed by atoms with Crippen molar-refractivity contribution in [1.82, 2.24) is 4.72 Å². The number of nitrogens with one attached hydrogen (secondary N) is 1. The SMILES string of the molecule is Cl.NC(CNS(=O)(=O)c1ccc(Cl)cc1)C1CC1. The number of hydrogen-bond acceptors (Lipinski definition) is 3. The molecule has 1 atom stereocenters. The van der Waals surface area contributed by atoms with Crippen LogP contribution in [0.1, 0.15) is 12.8 Å². The van der Waals surface area contributed by atoms with E-state index in [1.807, 2.05) is 0 Å². The molecule has 7 heteroatoms. The molecule has 102 valence electrons. The number of benzene rings is 1. The highest BCUT2D eigenvalue weighted by molar-refractivity contribution is 7.89. The summed E-state index contributed by atoms with van der Waals surface area (Å²) in [5, 5.41) is 0.513. The Morgan fingerprint density at radius 1 is 1.33 bits per heavy atom. The van der Waals surface area contributed by atoms with Gasteiger partial charge in [0.2, 0.25) is 10.0 Å². The smallest absolute Gasteiger partial charge is 0.240 e. The van der Waals surface area contributed by atoms with E-state index in [-0.39, 0.29) is 29.9 Å². The summed E-state index contributed by atoms with van der Waals surface area (Å²) < 4.78 is 26.3. The van der Waals surface area contributed by atoms with Crippen molar-refractivity contribution in [3.8, 4) is 0 Å². The van der Waals surface area contributed by atoms with Crippen molar-refractivity contribution >= 4 is 34.0 Å². The van der Waals surface area contributed by atoms with Gasteiger partial charge >= 0.3 is 0 Å². The monoisotopic (exact) mass is 310 g/mol. The molecular weight excluding hydrogens is 295 g/mol. The van der Waals surface area contributed by atoms with E-state index in [4.69, 9.17) is 17.3 Å². The van der Waals surface area contributed by atoms with Gasteiger partial charge in [-0.1, -0.05) is 11.6 Å². The molecule has 0 saturated heterocycles. The zero-order chi connectivity index (χ0) is 12.5. The lowest BCUT2D eigenvalue weighted by Gasteiger charge is -2.12. The van der Waals surface area contributed by atoms with Crippen LogP contribution < -0.4 is 10.5 Å². The van der Waals surface area contributed by atoms with Gasteiger partial charge in [0.25, 0.3) is 0 Å². The number of hydrogen-bond donors (Lipinski definition) is 2. The van der Waals surface area contributed by atoms with Gasteiger partial charge < -0.3 is 5.73 Å². The van der Waals surface area contributed by atoms with E-state index in [0.29, 0.717) is 10.9 Å². The molecule has 0 aliphatic heterocycles. The third kappa shape index (κ3) is 4.10. The lowest BCUT2D eigenvalue weighted by atomic mass is 10.2. The Labute approximate surface area is 118 Å². The summed E-state index contributed by atoms with van der Waals surface area (Å²) in [6.07, 6.45) is 2.20. The first kappa shape index (κ1) is 15.7. The van der Waals surface area contributed by atoms with Crippen LogP contribution >= 0.6 is 24.0 Å². The van der Waals surface area contributed by atoms with E-state index in [9.17, 15) is 8.42 Å². The molecule has 0 radical (unpaired) electrons. The van der Waals surface area contributed by atoms with Crippen LogP contribution in [-0.2, 0) is 10.0 Å². The van der Waals surface area contributed by atoms with Crippen LogP contribution in [0, 0.1) is 5.92 Å². The highest BCUT2D eigenvalue weighted by atomic mass is 35.5. The molecule has 1 fully saturated rings. The van der Waals surface area contributed by atoms with Crippen LogP contribution in [0.3, 0.4) is 0 Å². The van der Waals surface area contributed by atoms with Crippen molar-refractivity contribution in [1.29, 1.82) is 0 Å². The average molecular weight is 311 g/mol. The summed E-state index contributed by atoms with van der Waals surface area (Å²) in [7, 11) is -3.47. The Morgan fingerprint density at radius 2 is 1.89 bits per heavy atom. The van der Waals surface area contributed by atoms with Crippen LogP contribution in [0.2, 0.25) is 5.02 Å². The van der Waals surface area contributed by atoms with Crippen molar-refractivity contribution in [2.24, 2.45) is 11.7 Å². The number of sulfonamides is 1. The molecule has 0 amide bonds. The lowest BCUT2D eigenvalue weighted by molar-refractivity contribution is 0.548. The molecule has 2 rings (SSSR count). The van der Waals surface area contributed by atoms with E-state index in [2.05, 4.69) is 4.72 Å².